The van der Waals surface area contributed by atoms with Crippen molar-refractivity contribution in [2.45, 2.75) is 50.2 Å². The summed E-state index contributed by atoms with van der Waals surface area (Å²) in [4.78, 5) is 4.35. The summed E-state index contributed by atoms with van der Waals surface area (Å²) < 4.78 is 8.34. The highest BCUT2D eigenvalue weighted by Gasteiger charge is 2.42. The van der Waals surface area contributed by atoms with E-state index in [0.29, 0.717) is 12.1 Å². The summed E-state index contributed by atoms with van der Waals surface area (Å²) in [5.41, 5.74) is 1.46. The molecule has 1 aromatic rings. The fraction of sp³-hybridized carbons (Fsp3) is 0.769. The lowest BCUT2D eigenvalue weighted by atomic mass is 10.1. The highest BCUT2D eigenvalue weighted by Crippen LogP contribution is 2.46. The van der Waals surface area contributed by atoms with Crippen molar-refractivity contribution in [3.63, 3.8) is 0 Å². The summed E-state index contributed by atoms with van der Waals surface area (Å²) in [5.74, 6) is 1.63. The van der Waals surface area contributed by atoms with Gasteiger partial charge in [0, 0.05) is 24.4 Å². The van der Waals surface area contributed by atoms with Crippen molar-refractivity contribution in [1.82, 2.24) is 9.55 Å². The third-order valence-electron chi connectivity index (χ3n) is 4.24. The number of aromatic nitrogens is 2. The maximum Gasteiger partial charge on any atom is 0.0951 e. The van der Waals surface area contributed by atoms with Gasteiger partial charge in [0.1, 0.15) is 0 Å². The molecule has 2 unspecified atom stereocenters. The molecule has 3 aliphatic rings. The second-order valence-electron chi connectivity index (χ2n) is 5.53. The molecule has 2 atom stereocenters. The molecule has 86 valence electrons. The molecule has 3 nitrogen and oxygen atoms in total. The van der Waals surface area contributed by atoms with E-state index in [1.807, 2.05) is 6.33 Å². The minimum absolute atomic E-state index is 0.478. The normalized spacial score (nSPS) is 34.5. The molecule has 2 heterocycles. The Hall–Kier alpha value is -0.830. The van der Waals surface area contributed by atoms with Gasteiger partial charge in [0.25, 0.3) is 0 Å². The summed E-state index contributed by atoms with van der Waals surface area (Å²) in [6, 6.07) is 0.575. The number of nitrogens with zero attached hydrogens (tertiary/aromatic N) is 2. The van der Waals surface area contributed by atoms with E-state index in [1.165, 1.54) is 37.8 Å². The van der Waals surface area contributed by atoms with E-state index >= 15 is 0 Å². The third-order valence-corrected chi connectivity index (χ3v) is 4.24. The summed E-state index contributed by atoms with van der Waals surface area (Å²) in [7, 11) is 0. The first-order valence-electron chi connectivity index (χ1n) is 6.57. The fourth-order valence-corrected chi connectivity index (χ4v) is 3.06. The van der Waals surface area contributed by atoms with Gasteiger partial charge in [-0.2, -0.15) is 0 Å². The lowest BCUT2D eigenvalue weighted by Gasteiger charge is -2.21. The molecule has 2 aliphatic carbocycles. The molecule has 2 saturated carbocycles. The van der Waals surface area contributed by atoms with Gasteiger partial charge < -0.3 is 9.30 Å². The Morgan fingerprint density at radius 3 is 2.81 bits per heavy atom. The van der Waals surface area contributed by atoms with Crippen LogP contribution < -0.4 is 0 Å². The van der Waals surface area contributed by atoms with E-state index in [9.17, 15) is 0 Å². The second-order valence-corrected chi connectivity index (χ2v) is 5.53. The van der Waals surface area contributed by atoms with Gasteiger partial charge in [0.05, 0.1) is 18.5 Å². The van der Waals surface area contributed by atoms with Crippen LogP contribution in [0.2, 0.25) is 0 Å². The van der Waals surface area contributed by atoms with Gasteiger partial charge in [-0.15, -0.1) is 0 Å². The summed E-state index contributed by atoms with van der Waals surface area (Å²) in [5, 5.41) is 0. The van der Waals surface area contributed by atoms with Gasteiger partial charge in [-0.05, 0) is 38.0 Å². The van der Waals surface area contributed by atoms with Crippen molar-refractivity contribution in [3.05, 3.63) is 18.2 Å². The minimum Gasteiger partial charge on any atom is -0.376 e. The molecule has 1 aromatic heterocycles. The molecule has 4 rings (SSSR count). The topological polar surface area (TPSA) is 27.1 Å². The Kier molecular flexibility index (Phi) is 1.92. The van der Waals surface area contributed by atoms with Crippen molar-refractivity contribution in [2.24, 2.45) is 5.92 Å². The van der Waals surface area contributed by atoms with Gasteiger partial charge in [-0.25, -0.2) is 4.98 Å². The van der Waals surface area contributed by atoms with Crippen LogP contribution in [-0.4, -0.2) is 22.3 Å². The van der Waals surface area contributed by atoms with Crippen LogP contribution in [0.25, 0.3) is 0 Å². The van der Waals surface area contributed by atoms with E-state index < -0.39 is 0 Å². The molecule has 0 N–H and O–H groups in total. The van der Waals surface area contributed by atoms with Crippen LogP contribution in [0.15, 0.2) is 12.5 Å². The summed E-state index contributed by atoms with van der Waals surface area (Å²) >= 11 is 0. The van der Waals surface area contributed by atoms with Crippen LogP contribution in [0.5, 0.6) is 0 Å². The average Bonchev–Trinajstić information content (AvgIpc) is 3.22. The smallest absolute Gasteiger partial charge is 0.0951 e. The van der Waals surface area contributed by atoms with E-state index in [1.54, 1.807) is 0 Å². The monoisotopic (exact) mass is 218 g/mol. The van der Waals surface area contributed by atoms with Crippen molar-refractivity contribution in [3.8, 4) is 0 Å². The first-order valence-corrected chi connectivity index (χ1v) is 6.57. The third kappa shape index (κ3) is 1.41. The number of ether oxygens (including phenoxy) is 1. The summed E-state index contributed by atoms with van der Waals surface area (Å²) in [6.07, 6.45) is 11.2. The molecule has 1 saturated heterocycles. The Balaban J connectivity index is 1.64. The Morgan fingerprint density at radius 1 is 1.19 bits per heavy atom. The highest BCUT2D eigenvalue weighted by atomic mass is 16.5. The van der Waals surface area contributed by atoms with Gasteiger partial charge in [0.2, 0.25) is 0 Å². The summed E-state index contributed by atoms with van der Waals surface area (Å²) in [6.45, 7) is 0.939. The Morgan fingerprint density at radius 2 is 2.06 bits per heavy atom. The zero-order chi connectivity index (χ0) is 10.5. The van der Waals surface area contributed by atoms with Crippen LogP contribution in [0.4, 0.5) is 0 Å². The van der Waals surface area contributed by atoms with E-state index in [4.69, 9.17) is 4.74 Å². The largest absolute Gasteiger partial charge is 0.376 e. The molecule has 3 heteroatoms. The van der Waals surface area contributed by atoms with E-state index in [-0.39, 0.29) is 0 Å². The Labute approximate surface area is 95.8 Å². The van der Waals surface area contributed by atoms with Crippen LogP contribution in [0, 0.1) is 5.92 Å². The van der Waals surface area contributed by atoms with Crippen LogP contribution in [-0.2, 0) is 4.74 Å². The minimum atomic E-state index is 0.478. The van der Waals surface area contributed by atoms with Crippen LogP contribution in [0.3, 0.4) is 0 Å². The molecular weight excluding hydrogens is 200 g/mol. The molecule has 0 bridgehead atoms. The fourth-order valence-electron chi connectivity index (χ4n) is 3.06. The average molecular weight is 218 g/mol. The van der Waals surface area contributed by atoms with Gasteiger partial charge in [-0.3, -0.25) is 0 Å². The molecule has 0 spiro atoms. The number of hydrogen-bond donors (Lipinski definition) is 0. The number of rotatable bonds is 3. The van der Waals surface area contributed by atoms with Crippen molar-refractivity contribution < 1.29 is 4.74 Å². The van der Waals surface area contributed by atoms with Crippen molar-refractivity contribution in [2.75, 3.05) is 6.61 Å². The first-order chi connectivity index (χ1) is 7.93. The quantitative estimate of drug-likeness (QED) is 0.779. The zero-order valence-corrected chi connectivity index (χ0v) is 9.51. The van der Waals surface area contributed by atoms with Gasteiger partial charge in [0.15, 0.2) is 0 Å². The molecule has 0 aromatic carbocycles. The number of hydrogen-bond acceptors (Lipinski definition) is 2. The lowest BCUT2D eigenvalue weighted by molar-refractivity contribution is 0.0745. The first kappa shape index (κ1) is 9.23. The van der Waals surface area contributed by atoms with Gasteiger partial charge in [-0.1, -0.05) is 0 Å². The highest BCUT2D eigenvalue weighted by molar-refractivity contribution is 5.15. The standard InChI is InChI=1S/C13H18N2O/c1-2-9(1)12-7-14-8-15(12)11-5-6-16-13(11)10-3-4-10/h7-11,13H,1-6H2. The van der Waals surface area contributed by atoms with E-state index in [0.717, 1.165) is 18.4 Å². The lowest BCUT2D eigenvalue weighted by Crippen LogP contribution is -2.22. The van der Waals surface area contributed by atoms with Crippen LogP contribution >= 0.6 is 0 Å². The zero-order valence-electron chi connectivity index (χ0n) is 9.51. The maximum absolute atomic E-state index is 5.92. The molecular formula is C13H18N2O. The molecule has 0 amide bonds. The second kappa shape index (κ2) is 3.33. The van der Waals surface area contributed by atoms with Gasteiger partial charge >= 0.3 is 0 Å². The Bertz CT molecular complexity index is 392. The molecule has 1 aliphatic heterocycles. The SMILES string of the molecule is c1ncn(C2CCOC2C2CC2)c1C1CC1. The predicted molar refractivity (Wildman–Crippen MR) is 60.3 cm³/mol. The van der Waals surface area contributed by atoms with Crippen LogP contribution in [0.1, 0.15) is 49.8 Å². The number of imidazole rings is 1. The molecule has 16 heavy (non-hydrogen) atoms. The van der Waals surface area contributed by atoms with E-state index in [2.05, 4.69) is 15.7 Å². The predicted octanol–water partition coefficient (Wildman–Crippen LogP) is 2.50. The van der Waals surface area contributed by atoms with Crippen molar-refractivity contribution >= 4 is 0 Å². The molecule has 0 radical (unpaired) electrons. The van der Waals surface area contributed by atoms with Crippen molar-refractivity contribution in [1.29, 1.82) is 0 Å². The maximum atomic E-state index is 5.92. The molecule has 3 fully saturated rings.